The summed E-state index contributed by atoms with van der Waals surface area (Å²) in [6.45, 7) is 4.41. The third-order valence-corrected chi connectivity index (χ3v) is 5.44. The number of nitrogens with zero attached hydrogens (tertiary/aromatic N) is 2. The predicted molar refractivity (Wildman–Crippen MR) is 121 cm³/mol. The number of hydrogen-bond acceptors (Lipinski definition) is 4. The summed E-state index contributed by atoms with van der Waals surface area (Å²) in [5, 5.41) is 4.94. The van der Waals surface area contributed by atoms with E-state index in [-0.39, 0.29) is 5.78 Å². The number of sulfonamides is 1. The summed E-state index contributed by atoms with van der Waals surface area (Å²) in [5.41, 5.74) is 4.51. The Morgan fingerprint density at radius 3 is 2.33 bits per heavy atom. The van der Waals surface area contributed by atoms with Gasteiger partial charge in [-0.3, -0.25) is 9.52 Å². The minimum Gasteiger partial charge on any atom is -0.289 e. The number of halogens is 1. The second-order valence-corrected chi connectivity index (χ2v) is 9.19. The maximum atomic E-state index is 12.5. The molecular formula is C22H22ClN3O3S. The van der Waals surface area contributed by atoms with Gasteiger partial charge in [0, 0.05) is 16.8 Å². The van der Waals surface area contributed by atoms with Crippen LogP contribution in [0.4, 0.5) is 5.69 Å². The molecule has 1 aromatic heterocycles. The van der Waals surface area contributed by atoms with Gasteiger partial charge < -0.3 is 0 Å². The molecule has 0 spiro atoms. The molecule has 0 unspecified atom stereocenters. The van der Waals surface area contributed by atoms with Gasteiger partial charge in [-0.1, -0.05) is 41.4 Å². The minimum atomic E-state index is -3.36. The Balaban J connectivity index is 1.74. The van der Waals surface area contributed by atoms with E-state index >= 15 is 0 Å². The average Bonchev–Trinajstić information content (AvgIpc) is 2.94. The van der Waals surface area contributed by atoms with E-state index in [4.69, 9.17) is 11.6 Å². The van der Waals surface area contributed by atoms with Crippen molar-refractivity contribution in [3.05, 3.63) is 87.7 Å². The number of aromatic nitrogens is 2. The zero-order valence-electron chi connectivity index (χ0n) is 16.9. The van der Waals surface area contributed by atoms with Crippen molar-refractivity contribution in [2.75, 3.05) is 11.0 Å². The first kappa shape index (κ1) is 21.8. The highest BCUT2D eigenvalue weighted by Gasteiger charge is 2.12. The highest BCUT2D eigenvalue weighted by molar-refractivity contribution is 7.92. The summed E-state index contributed by atoms with van der Waals surface area (Å²) in [4.78, 5) is 12.5. The second kappa shape index (κ2) is 8.85. The summed E-state index contributed by atoms with van der Waals surface area (Å²) >= 11 is 6.50. The molecule has 0 saturated carbocycles. The van der Waals surface area contributed by atoms with Crippen molar-refractivity contribution < 1.29 is 13.2 Å². The Hall–Kier alpha value is -2.90. The number of nitrogens with one attached hydrogen (secondary N) is 1. The van der Waals surface area contributed by atoms with Crippen LogP contribution in [0.15, 0.2) is 54.6 Å². The minimum absolute atomic E-state index is 0.220. The van der Waals surface area contributed by atoms with E-state index in [2.05, 4.69) is 9.82 Å². The Bertz CT molecular complexity index is 1200. The Morgan fingerprint density at radius 2 is 1.73 bits per heavy atom. The summed E-state index contributed by atoms with van der Waals surface area (Å²) in [6.07, 6.45) is 4.16. The van der Waals surface area contributed by atoms with Gasteiger partial charge in [-0.25, -0.2) is 13.1 Å². The monoisotopic (exact) mass is 443 g/mol. The van der Waals surface area contributed by atoms with E-state index in [9.17, 15) is 13.2 Å². The first-order valence-corrected chi connectivity index (χ1v) is 11.5. The maximum absolute atomic E-state index is 12.5. The van der Waals surface area contributed by atoms with Crippen molar-refractivity contribution in [2.45, 2.75) is 20.4 Å². The quantitative estimate of drug-likeness (QED) is 0.431. The van der Waals surface area contributed by atoms with E-state index in [1.54, 1.807) is 35.0 Å². The van der Waals surface area contributed by atoms with Crippen LogP contribution in [0, 0.1) is 13.8 Å². The fourth-order valence-corrected chi connectivity index (χ4v) is 3.76. The van der Waals surface area contributed by atoms with E-state index in [1.807, 2.05) is 38.1 Å². The highest BCUT2D eigenvalue weighted by atomic mass is 35.5. The molecule has 3 rings (SSSR count). The van der Waals surface area contributed by atoms with E-state index in [1.165, 1.54) is 11.6 Å². The Labute approximate surface area is 181 Å². The number of hydrogen-bond donors (Lipinski definition) is 1. The lowest BCUT2D eigenvalue weighted by Crippen LogP contribution is -2.09. The van der Waals surface area contributed by atoms with Crippen LogP contribution in [0.2, 0.25) is 5.15 Å². The van der Waals surface area contributed by atoms with Crippen molar-refractivity contribution in [2.24, 2.45) is 0 Å². The molecule has 156 valence electrons. The molecule has 0 atom stereocenters. The van der Waals surface area contributed by atoms with Gasteiger partial charge in [0.25, 0.3) is 0 Å². The largest absolute Gasteiger partial charge is 0.289 e. The number of rotatable bonds is 7. The van der Waals surface area contributed by atoms with Gasteiger partial charge in [0.2, 0.25) is 10.0 Å². The molecule has 0 amide bonds. The molecule has 1 N–H and O–H groups in total. The Kier molecular flexibility index (Phi) is 6.43. The highest BCUT2D eigenvalue weighted by Crippen LogP contribution is 2.23. The molecule has 0 bridgehead atoms. The average molecular weight is 444 g/mol. The zero-order chi connectivity index (χ0) is 21.9. The van der Waals surface area contributed by atoms with Crippen molar-refractivity contribution in [3.63, 3.8) is 0 Å². The van der Waals surface area contributed by atoms with Crippen LogP contribution >= 0.6 is 11.6 Å². The number of carbonyl (C=O) groups excluding carboxylic acids is 1. The number of carbonyl (C=O) groups is 1. The third kappa shape index (κ3) is 5.58. The van der Waals surface area contributed by atoms with Crippen molar-refractivity contribution in [3.8, 4) is 0 Å². The predicted octanol–water partition coefficient (Wildman–Crippen LogP) is 4.47. The van der Waals surface area contributed by atoms with Crippen LogP contribution < -0.4 is 4.72 Å². The van der Waals surface area contributed by atoms with Crippen LogP contribution in [-0.2, 0) is 16.6 Å². The van der Waals surface area contributed by atoms with Gasteiger partial charge in [-0.05, 0) is 55.8 Å². The van der Waals surface area contributed by atoms with Gasteiger partial charge in [0.15, 0.2) is 5.78 Å². The van der Waals surface area contributed by atoms with Crippen LogP contribution in [0.5, 0.6) is 0 Å². The molecule has 0 radical (unpaired) electrons. The molecule has 0 saturated heterocycles. The van der Waals surface area contributed by atoms with Crippen LogP contribution in [-0.4, -0.2) is 30.2 Å². The molecule has 6 nitrogen and oxygen atoms in total. The lowest BCUT2D eigenvalue weighted by molar-refractivity contribution is 0.104. The van der Waals surface area contributed by atoms with E-state index in [0.717, 1.165) is 17.5 Å². The number of benzene rings is 2. The van der Waals surface area contributed by atoms with Gasteiger partial charge in [-0.2, -0.15) is 5.10 Å². The van der Waals surface area contributed by atoms with Gasteiger partial charge >= 0.3 is 0 Å². The number of anilines is 1. The number of allylic oxidation sites excluding steroid dienone is 1. The molecule has 0 fully saturated rings. The molecule has 8 heteroatoms. The standard InChI is InChI=1S/C22H22ClN3O3S/c1-15-4-6-17(7-5-15)14-26-22(23)20(16(2)24-26)12-13-21(27)18-8-10-19(11-9-18)25-30(3,28)29/h4-13,25H,14H2,1-3H3. The third-order valence-electron chi connectivity index (χ3n) is 4.44. The fraction of sp³-hybridized carbons (Fsp3) is 0.182. The van der Waals surface area contributed by atoms with Gasteiger partial charge in [0.05, 0.1) is 18.5 Å². The lowest BCUT2D eigenvalue weighted by Gasteiger charge is -2.04. The summed E-state index contributed by atoms with van der Waals surface area (Å²) in [5.74, 6) is -0.220. The molecular weight excluding hydrogens is 422 g/mol. The first-order chi connectivity index (χ1) is 14.1. The zero-order valence-corrected chi connectivity index (χ0v) is 18.5. The fourth-order valence-electron chi connectivity index (χ4n) is 2.90. The van der Waals surface area contributed by atoms with Crippen LogP contribution in [0.3, 0.4) is 0 Å². The van der Waals surface area contributed by atoms with Crippen molar-refractivity contribution >= 4 is 39.2 Å². The van der Waals surface area contributed by atoms with Gasteiger partial charge in [0.1, 0.15) is 5.15 Å². The SMILES string of the molecule is Cc1ccc(Cn2nc(C)c(C=CC(=O)c3ccc(NS(C)(=O)=O)cc3)c2Cl)cc1. The number of aryl methyl sites for hydroxylation is 2. The first-order valence-electron chi connectivity index (χ1n) is 9.21. The maximum Gasteiger partial charge on any atom is 0.229 e. The molecule has 0 aliphatic heterocycles. The van der Waals surface area contributed by atoms with E-state index in [0.29, 0.717) is 28.5 Å². The smallest absolute Gasteiger partial charge is 0.229 e. The van der Waals surface area contributed by atoms with Crippen LogP contribution in [0.25, 0.3) is 6.08 Å². The molecule has 0 aliphatic carbocycles. The molecule has 2 aromatic carbocycles. The van der Waals surface area contributed by atoms with Crippen molar-refractivity contribution in [1.29, 1.82) is 0 Å². The molecule has 30 heavy (non-hydrogen) atoms. The number of ketones is 1. The van der Waals surface area contributed by atoms with E-state index < -0.39 is 10.0 Å². The molecule has 0 aliphatic rings. The summed E-state index contributed by atoms with van der Waals surface area (Å²) < 4.78 is 26.6. The normalized spacial score (nSPS) is 11.7. The Morgan fingerprint density at radius 1 is 1.10 bits per heavy atom. The van der Waals surface area contributed by atoms with Crippen molar-refractivity contribution in [1.82, 2.24) is 9.78 Å². The second-order valence-electron chi connectivity index (χ2n) is 7.08. The summed E-state index contributed by atoms with van der Waals surface area (Å²) in [7, 11) is -3.36. The summed E-state index contributed by atoms with van der Waals surface area (Å²) in [6, 6.07) is 14.4. The van der Waals surface area contributed by atoms with Gasteiger partial charge in [-0.15, -0.1) is 0 Å². The topological polar surface area (TPSA) is 81.1 Å². The molecule has 3 aromatic rings. The lowest BCUT2D eigenvalue weighted by atomic mass is 10.1. The molecule has 1 heterocycles. The van der Waals surface area contributed by atoms with Crippen LogP contribution in [0.1, 0.15) is 32.7 Å².